The lowest BCUT2D eigenvalue weighted by Gasteiger charge is -2.14. The third kappa shape index (κ3) is 1.79. The third-order valence-electron chi connectivity index (χ3n) is 1.95. The summed E-state index contributed by atoms with van der Waals surface area (Å²) >= 11 is 0. The molecule has 0 fully saturated rings. The van der Waals surface area contributed by atoms with Crippen molar-refractivity contribution in [3.05, 3.63) is 17.7 Å². The fourth-order valence-electron chi connectivity index (χ4n) is 1.22. The predicted molar refractivity (Wildman–Crippen MR) is 54.1 cm³/mol. The molecule has 1 rings (SSSR count). The van der Waals surface area contributed by atoms with Gasteiger partial charge in [0.05, 0.1) is 0 Å². The third-order valence-corrected chi connectivity index (χ3v) is 1.95. The van der Waals surface area contributed by atoms with Crippen molar-refractivity contribution in [2.24, 2.45) is 0 Å². The lowest BCUT2D eigenvalue weighted by Crippen LogP contribution is -2.09. The first-order valence-electron chi connectivity index (χ1n) is 4.17. The molecule has 0 bridgehead atoms. The normalized spacial score (nSPS) is 9.93. The van der Waals surface area contributed by atoms with Crippen LogP contribution in [0.1, 0.15) is 17.3 Å². The zero-order valence-corrected chi connectivity index (χ0v) is 8.40. The van der Waals surface area contributed by atoms with Crippen molar-refractivity contribution in [3.8, 4) is 11.5 Å². The van der Waals surface area contributed by atoms with Crippen LogP contribution in [0.5, 0.6) is 11.5 Å². The molecule has 0 aliphatic heterocycles. The quantitative estimate of drug-likeness (QED) is 0.699. The summed E-state index contributed by atoms with van der Waals surface area (Å²) in [5, 5.41) is 19.0. The molecule has 14 heavy (non-hydrogen) atoms. The van der Waals surface area contributed by atoms with E-state index in [9.17, 15) is 15.0 Å². The number of anilines is 1. The van der Waals surface area contributed by atoms with Crippen LogP contribution in [0.4, 0.5) is 5.69 Å². The van der Waals surface area contributed by atoms with Crippen LogP contribution in [0.2, 0.25) is 0 Å². The fourth-order valence-corrected chi connectivity index (χ4v) is 1.22. The Bertz CT molecular complexity index is 349. The highest BCUT2D eigenvalue weighted by atomic mass is 16.3. The molecule has 4 nitrogen and oxygen atoms in total. The minimum atomic E-state index is -0.356. The molecule has 76 valence electrons. The van der Waals surface area contributed by atoms with Gasteiger partial charge in [0.2, 0.25) is 0 Å². The van der Waals surface area contributed by atoms with Crippen molar-refractivity contribution in [2.45, 2.75) is 6.92 Å². The van der Waals surface area contributed by atoms with E-state index in [0.29, 0.717) is 5.69 Å². The number of hydrogen-bond acceptors (Lipinski definition) is 4. The monoisotopic (exact) mass is 195 g/mol. The largest absolute Gasteiger partial charge is 0.507 e. The molecule has 0 radical (unpaired) electrons. The second kappa shape index (κ2) is 3.57. The van der Waals surface area contributed by atoms with Crippen molar-refractivity contribution >= 4 is 11.5 Å². The molecule has 1 aromatic rings. The number of phenols is 2. The Labute approximate surface area is 82.4 Å². The molecule has 0 unspecified atom stereocenters. The van der Waals surface area contributed by atoms with Gasteiger partial charge < -0.3 is 15.1 Å². The Morgan fingerprint density at radius 3 is 1.93 bits per heavy atom. The summed E-state index contributed by atoms with van der Waals surface area (Å²) in [7, 11) is 3.56. The average Bonchev–Trinajstić information content (AvgIpc) is 2.01. The summed E-state index contributed by atoms with van der Waals surface area (Å²) in [5.41, 5.74) is 0.612. The molecule has 0 spiro atoms. The van der Waals surface area contributed by atoms with E-state index in [0.717, 1.165) is 0 Å². The van der Waals surface area contributed by atoms with E-state index in [1.54, 1.807) is 19.0 Å². The number of Topliss-reactive ketones (excluding diaryl/α,β-unsaturated/α-hetero) is 1. The lowest BCUT2D eigenvalue weighted by molar-refractivity contribution is 0.101. The summed E-state index contributed by atoms with van der Waals surface area (Å²) in [5.74, 6) is -0.743. The molecule has 0 atom stereocenters. The molecule has 0 heterocycles. The Kier molecular flexibility index (Phi) is 2.65. The first-order valence-corrected chi connectivity index (χ1v) is 4.17. The fraction of sp³-hybridized carbons (Fsp3) is 0.300. The van der Waals surface area contributed by atoms with E-state index >= 15 is 0 Å². The van der Waals surface area contributed by atoms with E-state index in [2.05, 4.69) is 0 Å². The molecule has 0 aromatic heterocycles. The zero-order chi connectivity index (χ0) is 10.9. The number of carbonyl (C=O) groups excluding carboxylic acids is 1. The predicted octanol–water partition coefficient (Wildman–Crippen LogP) is 1.37. The van der Waals surface area contributed by atoms with Crippen LogP contribution in [-0.2, 0) is 0 Å². The summed E-state index contributed by atoms with van der Waals surface area (Å²) in [6, 6.07) is 2.88. The van der Waals surface area contributed by atoms with Gasteiger partial charge in [0.15, 0.2) is 5.78 Å². The number of benzene rings is 1. The minimum absolute atomic E-state index is 0.0319. The standard InChI is InChI=1S/C10H13NO3/c1-6(12)10-8(13)4-7(11(2)3)5-9(10)14/h4-5,13-14H,1-3H3. The highest BCUT2D eigenvalue weighted by molar-refractivity contribution is 6.00. The van der Waals surface area contributed by atoms with Crippen molar-refractivity contribution < 1.29 is 15.0 Å². The van der Waals surface area contributed by atoms with Gasteiger partial charge in [-0.05, 0) is 6.92 Å². The maximum absolute atomic E-state index is 11.0. The Morgan fingerprint density at radius 1 is 1.21 bits per heavy atom. The van der Waals surface area contributed by atoms with Gasteiger partial charge in [0, 0.05) is 31.9 Å². The Morgan fingerprint density at radius 2 is 1.64 bits per heavy atom. The summed E-state index contributed by atoms with van der Waals surface area (Å²) in [6.07, 6.45) is 0. The van der Waals surface area contributed by atoms with Gasteiger partial charge >= 0.3 is 0 Å². The van der Waals surface area contributed by atoms with Crippen LogP contribution < -0.4 is 4.90 Å². The van der Waals surface area contributed by atoms with Crippen LogP contribution in [-0.4, -0.2) is 30.1 Å². The number of ketones is 1. The van der Waals surface area contributed by atoms with Crippen molar-refractivity contribution in [1.29, 1.82) is 0 Å². The van der Waals surface area contributed by atoms with Crippen LogP contribution >= 0.6 is 0 Å². The van der Waals surface area contributed by atoms with Gasteiger partial charge in [-0.1, -0.05) is 0 Å². The summed E-state index contributed by atoms with van der Waals surface area (Å²) < 4.78 is 0. The highest BCUT2D eigenvalue weighted by Crippen LogP contribution is 2.32. The van der Waals surface area contributed by atoms with Crippen molar-refractivity contribution in [1.82, 2.24) is 0 Å². The SMILES string of the molecule is CC(=O)c1c(O)cc(N(C)C)cc1O. The van der Waals surface area contributed by atoms with Crippen LogP contribution in [0.3, 0.4) is 0 Å². The molecule has 0 saturated heterocycles. The number of carbonyl (C=O) groups is 1. The molecule has 2 N–H and O–H groups in total. The first-order chi connectivity index (χ1) is 6.43. The number of nitrogens with zero attached hydrogens (tertiary/aromatic N) is 1. The van der Waals surface area contributed by atoms with Crippen molar-refractivity contribution in [2.75, 3.05) is 19.0 Å². The van der Waals surface area contributed by atoms with E-state index in [-0.39, 0.29) is 22.8 Å². The van der Waals surface area contributed by atoms with Crippen LogP contribution in [0, 0.1) is 0 Å². The van der Waals surface area contributed by atoms with Crippen LogP contribution in [0.25, 0.3) is 0 Å². The molecule has 0 saturated carbocycles. The van der Waals surface area contributed by atoms with Gasteiger partial charge in [-0.3, -0.25) is 4.79 Å². The molecule has 0 aliphatic rings. The molecule has 1 aromatic carbocycles. The van der Waals surface area contributed by atoms with Gasteiger partial charge in [-0.15, -0.1) is 0 Å². The molecule has 0 amide bonds. The second-order valence-electron chi connectivity index (χ2n) is 3.31. The summed E-state index contributed by atoms with van der Waals surface area (Å²) in [4.78, 5) is 12.8. The van der Waals surface area contributed by atoms with Gasteiger partial charge in [0.1, 0.15) is 17.1 Å². The number of phenolic OH excluding ortho intramolecular Hbond substituents is 2. The minimum Gasteiger partial charge on any atom is -0.507 e. The first kappa shape index (κ1) is 10.4. The van der Waals surface area contributed by atoms with Gasteiger partial charge in [0.25, 0.3) is 0 Å². The van der Waals surface area contributed by atoms with E-state index in [1.165, 1.54) is 19.1 Å². The maximum Gasteiger partial charge on any atom is 0.167 e. The van der Waals surface area contributed by atoms with Crippen LogP contribution in [0.15, 0.2) is 12.1 Å². The van der Waals surface area contributed by atoms with E-state index in [1.807, 2.05) is 0 Å². The molecular formula is C10H13NO3. The summed E-state index contributed by atoms with van der Waals surface area (Å²) in [6.45, 7) is 1.30. The molecular weight excluding hydrogens is 182 g/mol. The topological polar surface area (TPSA) is 60.8 Å². The maximum atomic E-state index is 11.0. The van der Waals surface area contributed by atoms with E-state index < -0.39 is 0 Å². The van der Waals surface area contributed by atoms with Gasteiger partial charge in [-0.25, -0.2) is 0 Å². The van der Waals surface area contributed by atoms with Gasteiger partial charge in [-0.2, -0.15) is 0 Å². The van der Waals surface area contributed by atoms with E-state index in [4.69, 9.17) is 0 Å². The zero-order valence-electron chi connectivity index (χ0n) is 8.40. The average molecular weight is 195 g/mol. The Balaban J connectivity index is 3.32. The second-order valence-corrected chi connectivity index (χ2v) is 3.31. The highest BCUT2D eigenvalue weighted by Gasteiger charge is 2.14. The Hall–Kier alpha value is -1.71. The molecule has 0 aliphatic carbocycles. The number of hydrogen-bond donors (Lipinski definition) is 2. The smallest absolute Gasteiger partial charge is 0.167 e. The number of rotatable bonds is 2. The number of aromatic hydroxyl groups is 2. The van der Waals surface area contributed by atoms with Crippen molar-refractivity contribution in [3.63, 3.8) is 0 Å². The lowest BCUT2D eigenvalue weighted by atomic mass is 10.1. The molecule has 4 heteroatoms.